The molecule has 114 valence electrons. The standard InChI is InChI=1S/C16H21ClN2O2/c1-12(20)18-11-13-7-9-19(10-8-13)16(21)15(17)14-5-3-2-4-6-14/h2-6,13,15H,7-11H2,1H3,(H,18,20). The van der Waals surface area contributed by atoms with Crippen LogP contribution >= 0.6 is 11.6 Å². The molecule has 5 heteroatoms. The number of likely N-dealkylation sites (tertiary alicyclic amines) is 1. The Morgan fingerprint density at radius 1 is 1.29 bits per heavy atom. The molecule has 0 radical (unpaired) electrons. The number of amides is 2. The molecule has 1 aliphatic heterocycles. The third-order valence-electron chi connectivity index (χ3n) is 3.87. The molecule has 0 bridgehead atoms. The van der Waals surface area contributed by atoms with Crippen molar-refractivity contribution in [2.24, 2.45) is 5.92 Å². The average molecular weight is 309 g/mol. The zero-order valence-corrected chi connectivity index (χ0v) is 13.0. The van der Waals surface area contributed by atoms with Gasteiger partial charge in [-0.1, -0.05) is 30.3 Å². The van der Waals surface area contributed by atoms with Gasteiger partial charge in [-0.3, -0.25) is 9.59 Å². The average Bonchev–Trinajstić information content (AvgIpc) is 2.53. The van der Waals surface area contributed by atoms with Crippen molar-refractivity contribution in [3.8, 4) is 0 Å². The quantitative estimate of drug-likeness (QED) is 0.868. The van der Waals surface area contributed by atoms with Crippen molar-refractivity contribution >= 4 is 23.4 Å². The number of rotatable bonds is 4. The lowest BCUT2D eigenvalue weighted by Crippen LogP contribution is -2.42. The van der Waals surface area contributed by atoms with E-state index >= 15 is 0 Å². The van der Waals surface area contributed by atoms with E-state index in [9.17, 15) is 9.59 Å². The van der Waals surface area contributed by atoms with Gasteiger partial charge < -0.3 is 10.2 Å². The Kier molecular flexibility index (Phi) is 5.62. The van der Waals surface area contributed by atoms with Gasteiger partial charge in [-0.25, -0.2) is 0 Å². The molecule has 0 aromatic heterocycles. The van der Waals surface area contributed by atoms with Crippen LogP contribution in [0.1, 0.15) is 30.7 Å². The van der Waals surface area contributed by atoms with Gasteiger partial charge in [-0.05, 0) is 24.3 Å². The van der Waals surface area contributed by atoms with Crippen LogP contribution in [-0.2, 0) is 9.59 Å². The fraction of sp³-hybridized carbons (Fsp3) is 0.500. The van der Waals surface area contributed by atoms with Crippen LogP contribution in [0.3, 0.4) is 0 Å². The molecule has 1 aliphatic rings. The fourth-order valence-electron chi connectivity index (χ4n) is 2.57. The minimum atomic E-state index is -0.613. The van der Waals surface area contributed by atoms with Crippen LogP contribution in [0.25, 0.3) is 0 Å². The third kappa shape index (κ3) is 4.46. The Morgan fingerprint density at radius 3 is 2.48 bits per heavy atom. The first-order chi connectivity index (χ1) is 10.1. The highest BCUT2D eigenvalue weighted by atomic mass is 35.5. The second-order valence-corrected chi connectivity index (χ2v) is 5.92. The number of carbonyl (C=O) groups excluding carboxylic acids is 2. The fourth-order valence-corrected chi connectivity index (χ4v) is 2.85. The van der Waals surface area contributed by atoms with Crippen molar-refractivity contribution in [1.29, 1.82) is 0 Å². The molecular weight excluding hydrogens is 288 g/mol. The van der Waals surface area contributed by atoms with Crippen molar-refractivity contribution in [1.82, 2.24) is 10.2 Å². The monoisotopic (exact) mass is 308 g/mol. The Hall–Kier alpha value is -1.55. The summed E-state index contributed by atoms with van der Waals surface area (Å²) >= 11 is 6.28. The predicted molar refractivity (Wildman–Crippen MR) is 83.0 cm³/mol. The van der Waals surface area contributed by atoms with E-state index in [1.54, 1.807) is 0 Å². The normalized spacial score (nSPS) is 17.3. The summed E-state index contributed by atoms with van der Waals surface area (Å²) in [7, 11) is 0. The van der Waals surface area contributed by atoms with Crippen molar-refractivity contribution in [2.45, 2.75) is 25.1 Å². The van der Waals surface area contributed by atoms with E-state index in [4.69, 9.17) is 11.6 Å². The number of hydrogen-bond acceptors (Lipinski definition) is 2. The summed E-state index contributed by atoms with van der Waals surface area (Å²) in [6.45, 7) is 3.63. The molecular formula is C16H21ClN2O2. The van der Waals surface area contributed by atoms with E-state index in [1.165, 1.54) is 6.92 Å². The van der Waals surface area contributed by atoms with Gasteiger partial charge in [0.25, 0.3) is 0 Å². The van der Waals surface area contributed by atoms with Gasteiger partial charge in [0.15, 0.2) is 0 Å². The molecule has 1 aromatic rings. The van der Waals surface area contributed by atoms with Crippen molar-refractivity contribution in [3.05, 3.63) is 35.9 Å². The van der Waals surface area contributed by atoms with Crippen LogP contribution in [0.5, 0.6) is 0 Å². The molecule has 0 spiro atoms. The first kappa shape index (κ1) is 15.8. The Bertz CT molecular complexity index is 484. The molecule has 21 heavy (non-hydrogen) atoms. The maximum atomic E-state index is 12.4. The summed E-state index contributed by atoms with van der Waals surface area (Å²) in [4.78, 5) is 25.1. The van der Waals surface area contributed by atoms with Gasteiger partial charge in [0.05, 0.1) is 0 Å². The third-order valence-corrected chi connectivity index (χ3v) is 4.31. The number of piperidine rings is 1. The molecule has 2 rings (SSSR count). The molecule has 1 fully saturated rings. The summed E-state index contributed by atoms with van der Waals surface area (Å²) < 4.78 is 0. The van der Waals surface area contributed by atoms with Crippen LogP contribution in [0.2, 0.25) is 0 Å². The first-order valence-electron chi connectivity index (χ1n) is 7.30. The summed E-state index contributed by atoms with van der Waals surface area (Å²) in [5, 5.41) is 2.23. The highest BCUT2D eigenvalue weighted by Crippen LogP contribution is 2.25. The van der Waals surface area contributed by atoms with E-state index in [1.807, 2.05) is 35.2 Å². The van der Waals surface area contributed by atoms with E-state index < -0.39 is 5.38 Å². The Labute approximate surface area is 130 Å². The van der Waals surface area contributed by atoms with Crippen LogP contribution in [-0.4, -0.2) is 36.3 Å². The second-order valence-electron chi connectivity index (χ2n) is 5.48. The molecule has 1 N–H and O–H groups in total. The van der Waals surface area contributed by atoms with Crippen molar-refractivity contribution in [3.63, 3.8) is 0 Å². The lowest BCUT2D eigenvalue weighted by molar-refractivity contribution is -0.132. The number of benzene rings is 1. The van der Waals surface area contributed by atoms with E-state index in [0.29, 0.717) is 25.6 Å². The molecule has 1 saturated heterocycles. The van der Waals surface area contributed by atoms with Crippen LogP contribution in [0.4, 0.5) is 0 Å². The number of nitrogens with one attached hydrogen (secondary N) is 1. The molecule has 0 saturated carbocycles. The summed E-state index contributed by atoms with van der Waals surface area (Å²) in [5.74, 6) is 0.419. The van der Waals surface area contributed by atoms with Gasteiger partial charge >= 0.3 is 0 Å². The smallest absolute Gasteiger partial charge is 0.245 e. The molecule has 4 nitrogen and oxygen atoms in total. The van der Waals surface area contributed by atoms with Gasteiger partial charge in [0.2, 0.25) is 11.8 Å². The topological polar surface area (TPSA) is 49.4 Å². The molecule has 0 aliphatic carbocycles. The van der Waals surface area contributed by atoms with Gasteiger partial charge in [-0.2, -0.15) is 0 Å². The lowest BCUT2D eigenvalue weighted by Gasteiger charge is -2.33. The predicted octanol–water partition coefficient (Wildman–Crippen LogP) is 2.34. The van der Waals surface area contributed by atoms with E-state index in [-0.39, 0.29) is 11.8 Å². The Balaban J connectivity index is 1.84. The number of nitrogens with zero attached hydrogens (tertiary/aromatic N) is 1. The van der Waals surface area contributed by atoms with Crippen LogP contribution in [0.15, 0.2) is 30.3 Å². The summed E-state index contributed by atoms with van der Waals surface area (Å²) in [5.41, 5.74) is 0.838. The van der Waals surface area contributed by atoms with Crippen LogP contribution in [0, 0.1) is 5.92 Å². The maximum absolute atomic E-state index is 12.4. The Morgan fingerprint density at radius 2 is 1.90 bits per heavy atom. The van der Waals surface area contributed by atoms with Crippen molar-refractivity contribution in [2.75, 3.05) is 19.6 Å². The van der Waals surface area contributed by atoms with E-state index in [2.05, 4.69) is 5.32 Å². The minimum Gasteiger partial charge on any atom is -0.356 e. The van der Waals surface area contributed by atoms with Crippen molar-refractivity contribution < 1.29 is 9.59 Å². The number of hydrogen-bond donors (Lipinski definition) is 1. The van der Waals surface area contributed by atoms with Gasteiger partial charge in [0.1, 0.15) is 5.38 Å². The van der Waals surface area contributed by atoms with E-state index in [0.717, 1.165) is 18.4 Å². The summed E-state index contributed by atoms with van der Waals surface area (Å²) in [6.07, 6.45) is 1.81. The minimum absolute atomic E-state index is 0.00148. The SMILES string of the molecule is CC(=O)NCC1CCN(C(=O)C(Cl)c2ccccc2)CC1. The van der Waals surface area contributed by atoms with Gasteiger partial charge in [-0.15, -0.1) is 11.6 Å². The van der Waals surface area contributed by atoms with Crippen LogP contribution < -0.4 is 5.32 Å². The molecule has 1 heterocycles. The lowest BCUT2D eigenvalue weighted by atomic mass is 9.96. The number of halogens is 1. The molecule has 1 unspecified atom stereocenters. The first-order valence-corrected chi connectivity index (χ1v) is 7.74. The largest absolute Gasteiger partial charge is 0.356 e. The zero-order chi connectivity index (χ0) is 15.2. The molecule has 2 amide bonds. The zero-order valence-electron chi connectivity index (χ0n) is 12.2. The second kappa shape index (κ2) is 7.46. The highest BCUT2D eigenvalue weighted by Gasteiger charge is 2.27. The number of carbonyl (C=O) groups is 2. The molecule has 1 atom stereocenters. The number of alkyl halides is 1. The maximum Gasteiger partial charge on any atom is 0.245 e. The highest BCUT2D eigenvalue weighted by molar-refractivity contribution is 6.30. The summed E-state index contributed by atoms with van der Waals surface area (Å²) in [6, 6.07) is 9.43. The molecule has 1 aromatic carbocycles. The van der Waals surface area contributed by atoms with Gasteiger partial charge in [0, 0.05) is 26.6 Å².